The summed E-state index contributed by atoms with van der Waals surface area (Å²) in [4.78, 5) is 0. The number of halogens is 2. The van der Waals surface area contributed by atoms with Crippen LogP contribution < -0.4 is 10.1 Å². The molecule has 0 heterocycles. The van der Waals surface area contributed by atoms with Gasteiger partial charge in [0.25, 0.3) is 0 Å². The Morgan fingerprint density at radius 2 is 1.84 bits per heavy atom. The third-order valence-corrected chi connectivity index (χ3v) is 4.54. The lowest BCUT2D eigenvalue weighted by Gasteiger charge is -2.25. The van der Waals surface area contributed by atoms with Crippen LogP contribution in [0.4, 0.5) is 0 Å². The lowest BCUT2D eigenvalue weighted by atomic mass is 9.89. The zero-order valence-corrected chi connectivity index (χ0v) is 13.4. The van der Waals surface area contributed by atoms with Crippen molar-refractivity contribution in [2.75, 3.05) is 19.7 Å². The van der Waals surface area contributed by atoms with Crippen molar-refractivity contribution in [3.05, 3.63) is 28.7 Å². The smallest absolute Gasteiger partial charge is 0.119 e. The second-order valence-corrected chi connectivity index (χ2v) is 6.66. The average molecular weight is 347 g/mol. The number of nitrogens with one attached hydrogen (secondary N) is 1. The first kappa shape index (κ1) is 15.1. The highest BCUT2D eigenvalue weighted by atomic mass is 79.9. The van der Waals surface area contributed by atoms with Gasteiger partial charge in [-0.3, -0.25) is 0 Å². The van der Waals surface area contributed by atoms with E-state index < -0.39 is 0 Å². The van der Waals surface area contributed by atoms with E-state index in [4.69, 9.17) is 16.3 Å². The maximum atomic E-state index is 6.10. The molecule has 0 saturated heterocycles. The molecule has 1 aromatic rings. The van der Waals surface area contributed by atoms with Crippen molar-refractivity contribution < 1.29 is 4.74 Å². The number of hydrogen-bond donors (Lipinski definition) is 1. The Balaban J connectivity index is 1.53. The van der Waals surface area contributed by atoms with Crippen molar-refractivity contribution in [2.24, 2.45) is 5.92 Å². The molecule has 0 radical (unpaired) electrons. The molecule has 1 aromatic carbocycles. The summed E-state index contributed by atoms with van der Waals surface area (Å²) < 4.78 is 6.74. The highest BCUT2D eigenvalue weighted by molar-refractivity contribution is 9.10. The molecule has 0 unspecified atom stereocenters. The minimum absolute atomic E-state index is 0.414. The van der Waals surface area contributed by atoms with Crippen LogP contribution in [0.5, 0.6) is 5.75 Å². The molecule has 2 rings (SSSR count). The van der Waals surface area contributed by atoms with E-state index in [9.17, 15) is 0 Å². The summed E-state index contributed by atoms with van der Waals surface area (Å²) in [6, 6.07) is 7.94. The number of ether oxygens (including phenoxy) is 1. The van der Waals surface area contributed by atoms with Crippen LogP contribution in [0.2, 0.25) is 0 Å². The minimum Gasteiger partial charge on any atom is -0.492 e. The Morgan fingerprint density at radius 3 is 2.53 bits per heavy atom. The summed E-state index contributed by atoms with van der Waals surface area (Å²) in [5.41, 5.74) is 0. The summed E-state index contributed by atoms with van der Waals surface area (Å²) in [5.74, 6) is 1.72. The molecule has 19 heavy (non-hydrogen) atoms. The van der Waals surface area contributed by atoms with Gasteiger partial charge in [0, 0.05) is 16.4 Å². The van der Waals surface area contributed by atoms with Crippen LogP contribution in [0.15, 0.2) is 28.7 Å². The quantitative estimate of drug-likeness (QED) is 0.615. The van der Waals surface area contributed by atoms with Gasteiger partial charge in [-0.15, -0.1) is 11.6 Å². The van der Waals surface area contributed by atoms with E-state index in [1.807, 2.05) is 24.3 Å². The summed E-state index contributed by atoms with van der Waals surface area (Å²) in [5, 5.41) is 3.89. The van der Waals surface area contributed by atoms with Crippen LogP contribution in [-0.4, -0.2) is 25.1 Å². The van der Waals surface area contributed by atoms with Crippen LogP contribution >= 0.6 is 27.5 Å². The average Bonchev–Trinajstić information content (AvgIpc) is 2.43. The maximum absolute atomic E-state index is 6.10. The highest BCUT2D eigenvalue weighted by Crippen LogP contribution is 2.26. The molecular weight excluding hydrogens is 326 g/mol. The first-order chi connectivity index (χ1) is 9.24. The standard InChI is InChI=1S/C15H21BrClNO/c16-13-3-7-15(8-4-13)19-10-9-18-11-12-1-5-14(17)6-2-12/h3-4,7-8,12,14,18H,1-2,5-6,9-11H2. The lowest BCUT2D eigenvalue weighted by molar-refractivity contribution is 0.295. The van der Waals surface area contributed by atoms with Crippen molar-refractivity contribution in [1.82, 2.24) is 5.32 Å². The maximum Gasteiger partial charge on any atom is 0.119 e. The molecule has 1 fully saturated rings. The predicted molar refractivity (Wildman–Crippen MR) is 84.1 cm³/mol. The third kappa shape index (κ3) is 5.72. The van der Waals surface area contributed by atoms with Gasteiger partial charge in [0.15, 0.2) is 0 Å². The number of rotatable bonds is 6. The highest BCUT2D eigenvalue weighted by Gasteiger charge is 2.18. The van der Waals surface area contributed by atoms with Gasteiger partial charge in [0.1, 0.15) is 12.4 Å². The molecule has 106 valence electrons. The van der Waals surface area contributed by atoms with Gasteiger partial charge >= 0.3 is 0 Å². The SMILES string of the molecule is ClC1CCC(CNCCOc2ccc(Br)cc2)CC1. The molecule has 0 amide bonds. The van der Waals surface area contributed by atoms with E-state index in [-0.39, 0.29) is 0 Å². The Labute approximate surface area is 129 Å². The van der Waals surface area contributed by atoms with Gasteiger partial charge in [0.05, 0.1) is 0 Å². The second kappa shape index (κ2) is 8.13. The van der Waals surface area contributed by atoms with E-state index in [0.29, 0.717) is 12.0 Å². The second-order valence-electron chi connectivity index (χ2n) is 5.12. The van der Waals surface area contributed by atoms with Crippen molar-refractivity contribution in [1.29, 1.82) is 0 Å². The van der Waals surface area contributed by atoms with Gasteiger partial charge in [-0.05, 0) is 62.4 Å². The molecule has 1 saturated carbocycles. The lowest BCUT2D eigenvalue weighted by Crippen LogP contribution is -2.29. The van der Waals surface area contributed by atoms with E-state index in [1.54, 1.807) is 0 Å². The van der Waals surface area contributed by atoms with Crippen molar-refractivity contribution in [3.63, 3.8) is 0 Å². The third-order valence-electron chi connectivity index (χ3n) is 3.57. The minimum atomic E-state index is 0.414. The number of benzene rings is 1. The largest absolute Gasteiger partial charge is 0.492 e. The van der Waals surface area contributed by atoms with Crippen molar-refractivity contribution in [2.45, 2.75) is 31.1 Å². The van der Waals surface area contributed by atoms with E-state index in [2.05, 4.69) is 21.2 Å². The monoisotopic (exact) mass is 345 g/mol. The Bertz CT molecular complexity index is 363. The molecule has 1 N–H and O–H groups in total. The molecule has 2 nitrogen and oxygen atoms in total. The molecule has 1 aliphatic rings. The van der Waals surface area contributed by atoms with Crippen molar-refractivity contribution >= 4 is 27.5 Å². The zero-order valence-electron chi connectivity index (χ0n) is 11.1. The number of alkyl halides is 1. The van der Waals surface area contributed by atoms with Crippen molar-refractivity contribution in [3.8, 4) is 5.75 Å². The fraction of sp³-hybridized carbons (Fsp3) is 0.600. The summed E-state index contributed by atoms with van der Waals surface area (Å²) in [6.45, 7) is 2.71. The predicted octanol–water partition coefficient (Wildman–Crippen LogP) is 4.22. The molecule has 0 aromatic heterocycles. The molecule has 0 aliphatic heterocycles. The number of hydrogen-bond acceptors (Lipinski definition) is 2. The topological polar surface area (TPSA) is 21.3 Å². The van der Waals surface area contributed by atoms with Gasteiger partial charge in [0.2, 0.25) is 0 Å². The Hall–Kier alpha value is -0.250. The first-order valence-electron chi connectivity index (χ1n) is 6.97. The molecule has 1 aliphatic carbocycles. The normalized spacial score (nSPS) is 23.3. The van der Waals surface area contributed by atoms with E-state index in [1.165, 1.54) is 25.7 Å². The van der Waals surface area contributed by atoms with Gasteiger partial charge in [-0.2, -0.15) is 0 Å². The van der Waals surface area contributed by atoms with E-state index >= 15 is 0 Å². The molecule has 0 bridgehead atoms. The summed E-state index contributed by atoms with van der Waals surface area (Å²) in [6.07, 6.45) is 4.86. The van der Waals surface area contributed by atoms with Gasteiger partial charge in [-0.25, -0.2) is 0 Å². The fourth-order valence-electron chi connectivity index (χ4n) is 2.40. The molecule has 0 atom stereocenters. The van der Waals surface area contributed by atoms with E-state index in [0.717, 1.165) is 29.2 Å². The summed E-state index contributed by atoms with van der Waals surface area (Å²) in [7, 11) is 0. The van der Waals surface area contributed by atoms with Gasteiger partial charge < -0.3 is 10.1 Å². The zero-order chi connectivity index (χ0) is 13.5. The summed E-state index contributed by atoms with van der Waals surface area (Å²) >= 11 is 9.51. The van der Waals surface area contributed by atoms with Crippen LogP contribution in [0.1, 0.15) is 25.7 Å². The van der Waals surface area contributed by atoms with Gasteiger partial charge in [-0.1, -0.05) is 15.9 Å². The fourth-order valence-corrected chi connectivity index (χ4v) is 2.92. The van der Waals surface area contributed by atoms with Crippen LogP contribution in [0.3, 0.4) is 0 Å². The molecule has 4 heteroatoms. The van der Waals surface area contributed by atoms with Crippen LogP contribution in [0, 0.1) is 5.92 Å². The van der Waals surface area contributed by atoms with Crippen LogP contribution in [0.25, 0.3) is 0 Å². The Kier molecular flexibility index (Phi) is 6.48. The molecular formula is C15H21BrClNO. The Morgan fingerprint density at radius 1 is 1.16 bits per heavy atom. The molecule has 0 spiro atoms. The van der Waals surface area contributed by atoms with Crippen LogP contribution in [-0.2, 0) is 0 Å². The first-order valence-corrected chi connectivity index (χ1v) is 8.20.